The van der Waals surface area contributed by atoms with Gasteiger partial charge in [0.25, 0.3) is 0 Å². The van der Waals surface area contributed by atoms with Gasteiger partial charge >= 0.3 is 0 Å². The van der Waals surface area contributed by atoms with E-state index in [0.717, 1.165) is 26.2 Å². The van der Waals surface area contributed by atoms with Crippen LogP contribution >= 0.6 is 38.9 Å². The molecule has 2 heterocycles. The Kier molecular flexibility index (Phi) is 3.35. The van der Waals surface area contributed by atoms with Gasteiger partial charge in [-0.05, 0) is 29.6 Å². The van der Waals surface area contributed by atoms with Crippen LogP contribution in [0.1, 0.15) is 0 Å². The van der Waals surface area contributed by atoms with Gasteiger partial charge in [0, 0.05) is 19.9 Å². The third-order valence-electron chi connectivity index (χ3n) is 2.71. The number of hydrogen-bond donors (Lipinski definition) is 2. The first-order valence-electron chi connectivity index (χ1n) is 5.49. The number of anilines is 1. The summed E-state index contributed by atoms with van der Waals surface area (Å²) in [5, 5.41) is 9.77. The largest absolute Gasteiger partial charge is 0.382 e. The van der Waals surface area contributed by atoms with Crippen LogP contribution in [0.25, 0.3) is 21.7 Å². The molecule has 0 spiro atoms. The zero-order chi connectivity index (χ0) is 13.4. The first-order valence-corrected chi connectivity index (χ1v) is 7.54. The average Bonchev–Trinajstić information content (AvgIpc) is 2.96. The summed E-state index contributed by atoms with van der Waals surface area (Å²) in [4.78, 5) is 1.08. The van der Waals surface area contributed by atoms with Crippen molar-refractivity contribution in [1.82, 2.24) is 10.2 Å². The van der Waals surface area contributed by atoms with Gasteiger partial charge in [-0.2, -0.15) is 5.10 Å². The lowest BCUT2D eigenvalue weighted by atomic mass is 10.1. The van der Waals surface area contributed by atoms with E-state index < -0.39 is 0 Å². The summed E-state index contributed by atoms with van der Waals surface area (Å²) in [6, 6.07) is 9.72. The molecule has 0 saturated heterocycles. The molecule has 6 heteroatoms. The van der Waals surface area contributed by atoms with Gasteiger partial charge in [0.15, 0.2) is 5.82 Å². The molecule has 3 aromatic rings. The molecule has 1 aromatic carbocycles. The van der Waals surface area contributed by atoms with E-state index in [1.807, 2.05) is 35.7 Å². The Morgan fingerprint density at radius 2 is 2.16 bits per heavy atom. The third-order valence-corrected chi connectivity index (χ3v) is 4.28. The predicted molar refractivity (Wildman–Crippen MR) is 84.5 cm³/mol. The highest BCUT2D eigenvalue weighted by Crippen LogP contribution is 2.38. The number of aromatic amines is 1. The van der Waals surface area contributed by atoms with Crippen LogP contribution in [-0.4, -0.2) is 10.2 Å². The Hall–Kier alpha value is -1.30. The van der Waals surface area contributed by atoms with Crippen molar-refractivity contribution in [2.45, 2.75) is 0 Å². The molecule has 0 saturated carbocycles. The minimum atomic E-state index is 0.494. The van der Waals surface area contributed by atoms with E-state index in [9.17, 15) is 0 Å². The SMILES string of the molecule is Nc1n[nH]c(-c2cc(Cl)cc(Br)c2)c1-c1cccs1. The summed E-state index contributed by atoms with van der Waals surface area (Å²) in [5.74, 6) is 0.494. The maximum atomic E-state index is 6.09. The number of rotatable bonds is 2. The molecule has 0 fully saturated rings. The molecule has 19 heavy (non-hydrogen) atoms. The number of benzene rings is 1. The number of nitrogens with zero attached hydrogens (tertiary/aromatic N) is 1. The third kappa shape index (κ3) is 2.41. The molecule has 3 rings (SSSR count). The van der Waals surface area contributed by atoms with E-state index in [1.165, 1.54) is 0 Å². The molecule has 0 bridgehead atoms. The number of halogens is 2. The fourth-order valence-corrected chi connectivity index (χ4v) is 3.58. The number of H-pyrrole nitrogens is 1. The Morgan fingerprint density at radius 3 is 2.84 bits per heavy atom. The average molecular weight is 355 g/mol. The maximum Gasteiger partial charge on any atom is 0.154 e. The highest BCUT2D eigenvalue weighted by Gasteiger charge is 2.16. The van der Waals surface area contributed by atoms with Gasteiger partial charge < -0.3 is 5.73 Å². The lowest BCUT2D eigenvalue weighted by molar-refractivity contribution is 1.10. The normalized spacial score (nSPS) is 10.8. The van der Waals surface area contributed by atoms with Crippen LogP contribution in [0.4, 0.5) is 5.82 Å². The van der Waals surface area contributed by atoms with Crippen LogP contribution in [0.5, 0.6) is 0 Å². The summed E-state index contributed by atoms with van der Waals surface area (Å²) in [5.41, 5.74) is 8.71. The molecule has 0 amide bonds. The van der Waals surface area contributed by atoms with Gasteiger partial charge in [-0.1, -0.05) is 33.6 Å². The summed E-state index contributed by atoms with van der Waals surface area (Å²) < 4.78 is 0.917. The number of nitrogens with two attached hydrogens (primary N) is 1. The number of hydrogen-bond acceptors (Lipinski definition) is 3. The minimum absolute atomic E-state index is 0.494. The molecule has 3 nitrogen and oxygen atoms in total. The predicted octanol–water partition coefficient (Wildman–Crippen LogP) is 4.80. The van der Waals surface area contributed by atoms with Gasteiger partial charge in [-0.15, -0.1) is 11.3 Å². The molecule has 3 N–H and O–H groups in total. The Labute approximate surface area is 127 Å². The molecule has 2 aromatic heterocycles. The highest BCUT2D eigenvalue weighted by molar-refractivity contribution is 9.10. The standard InChI is InChI=1S/C13H9BrClN3S/c14-8-4-7(5-9(15)6-8)12-11(13(16)18-17-12)10-2-1-3-19-10/h1-6H,(H3,16,17,18). The van der Waals surface area contributed by atoms with Crippen LogP contribution in [0, 0.1) is 0 Å². The van der Waals surface area contributed by atoms with E-state index in [-0.39, 0.29) is 0 Å². The van der Waals surface area contributed by atoms with Crippen molar-refractivity contribution < 1.29 is 0 Å². The van der Waals surface area contributed by atoms with Crippen molar-refractivity contribution in [2.75, 3.05) is 5.73 Å². The number of thiophene rings is 1. The van der Waals surface area contributed by atoms with Crippen molar-refractivity contribution in [3.63, 3.8) is 0 Å². The van der Waals surface area contributed by atoms with Crippen LogP contribution in [0.3, 0.4) is 0 Å². The van der Waals surface area contributed by atoms with Gasteiger partial charge in [-0.25, -0.2) is 0 Å². The summed E-state index contributed by atoms with van der Waals surface area (Å²) in [7, 11) is 0. The number of nitrogens with one attached hydrogen (secondary N) is 1. The highest BCUT2D eigenvalue weighted by atomic mass is 79.9. The van der Waals surface area contributed by atoms with Gasteiger partial charge in [0.05, 0.1) is 11.3 Å². The molecule has 0 aliphatic carbocycles. The monoisotopic (exact) mass is 353 g/mol. The minimum Gasteiger partial charge on any atom is -0.382 e. The molecule has 0 atom stereocenters. The van der Waals surface area contributed by atoms with Gasteiger partial charge in [-0.3, -0.25) is 5.10 Å². The van der Waals surface area contributed by atoms with E-state index in [2.05, 4.69) is 26.1 Å². The second-order valence-corrected chi connectivity index (χ2v) is 6.29. The first kappa shape index (κ1) is 12.7. The van der Waals surface area contributed by atoms with Crippen molar-refractivity contribution in [3.8, 4) is 21.7 Å². The molecule has 96 valence electrons. The summed E-state index contributed by atoms with van der Waals surface area (Å²) in [6.45, 7) is 0. The molecule has 0 aliphatic heterocycles. The zero-order valence-electron chi connectivity index (χ0n) is 9.65. The summed E-state index contributed by atoms with van der Waals surface area (Å²) >= 11 is 11.2. The quantitative estimate of drug-likeness (QED) is 0.694. The first-order chi connectivity index (χ1) is 9.15. The second-order valence-electron chi connectivity index (χ2n) is 3.99. The van der Waals surface area contributed by atoms with Gasteiger partial charge in [0.2, 0.25) is 0 Å². The lowest BCUT2D eigenvalue weighted by Gasteiger charge is -2.04. The lowest BCUT2D eigenvalue weighted by Crippen LogP contribution is -1.87. The molecule has 0 aliphatic rings. The van der Waals surface area contributed by atoms with Gasteiger partial charge in [0.1, 0.15) is 0 Å². The van der Waals surface area contributed by atoms with Crippen LogP contribution < -0.4 is 5.73 Å². The number of nitrogen functional groups attached to an aromatic ring is 1. The van der Waals surface area contributed by atoms with Crippen molar-refractivity contribution in [2.24, 2.45) is 0 Å². The van der Waals surface area contributed by atoms with Crippen molar-refractivity contribution >= 4 is 44.7 Å². The van der Waals surface area contributed by atoms with Crippen LogP contribution in [0.2, 0.25) is 5.02 Å². The van der Waals surface area contributed by atoms with Crippen molar-refractivity contribution in [1.29, 1.82) is 0 Å². The van der Waals surface area contributed by atoms with E-state index >= 15 is 0 Å². The second kappa shape index (κ2) is 5.00. The molecule has 0 radical (unpaired) electrons. The molecule has 0 unspecified atom stereocenters. The van der Waals surface area contributed by atoms with E-state index in [0.29, 0.717) is 10.8 Å². The Morgan fingerprint density at radius 1 is 1.32 bits per heavy atom. The topological polar surface area (TPSA) is 54.7 Å². The molecular formula is C13H9BrClN3S. The van der Waals surface area contributed by atoms with Crippen LogP contribution in [0.15, 0.2) is 40.2 Å². The Bertz CT molecular complexity index is 701. The van der Waals surface area contributed by atoms with Crippen LogP contribution in [-0.2, 0) is 0 Å². The summed E-state index contributed by atoms with van der Waals surface area (Å²) in [6.07, 6.45) is 0. The smallest absolute Gasteiger partial charge is 0.154 e. The molecular weight excluding hydrogens is 346 g/mol. The maximum absolute atomic E-state index is 6.09. The van der Waals surface area contributed by atoms with Crippen molar-refractivity contribution in [3.05, 3.63) is 45.2 Å². The zero-order valence-corrected chi connectivity index (χ0v) is 12.8. The van der Waals surface area contributed by atoms with E-state index in [4.69, 9.17) is 17.3 Å². The fraction of sp³-hybridized carbons (Fsp3) is 0. The Balaban J connectivity index is 2.21. The number of aromatic nitrogens is 2. The van der Waals surface area contributed by atoms with E-state index in [1.54, 1.807) is 11.3 Å². The fourth-order valence-electron chi connectivity index (χ4n) is 1.93.